The molecule has 0 amide bonds. The van der Waals surface area contributed by atoms with Gasteiger partial charge in [-0.05, 0) is 25.5 Å². The van der Waals surface area contributed by atoms with Gasteiger partial charge in [0.25, 0.3) is 0 Å². The van der Waals surface area contributed by atoms with Gasteiger partial charge in [-0.3, -0.25) is 0 Å². The number of hydrogen-bond acceptors (Lipinski definition) is 3. The van der Waals surface area contributed by atoms with E-state index in [-0.39, 0.29) is 0 Å². The number of halogens is 1. The topological polar surface area (TPSA) is 46.0 Å². The molecule has 94 valence electrons. The lowest BCUT2D eigenvalue weighted by molar-refractivity contribution is 0.197. The molecule has 0 aliphatic rings. The fraction of sp³-hybridized carbons (Fsp3) is 0.286. The van der Waals surface area contributed by atoms with Crippen LogP contribution in [0.4, 0.5) is 0 Å². The molecule has 0 aliphatic heterocycles. The molecule has 0 saturated heterocycles. The lowest BCUT2D eigenvalue weighted by atomic mass is 10.1. The van der Waals surface area contributed by atoms with Crippen molar-refractivity contribution in [3.63, 3.8) is 0 Å². The van der Waals surface area contributed by atoms with Gasteiger partial charge >= 0.3 is 0 Å². The highest BCUT2D eigenvalue weighted by Gasteiger charge is 2.09. The average Bonchev–Trinajstić information content (AvgIpc) is 2.32. The Kier molecular flexibility index (Phi) is 4.09. The lowest BCUT2D eigenvalue weighted by Gasteiger charge is -2.09. The van der Waals surface area contributed by atoms with Crippen molar-refractivity contribution in [3.05, 3.63) is 57.6 Å². The molecule has 3 nitrogen and oxygen atoms in total. The normalized spacial score (nSPS) is 12.4. The number of nitrogens with zero attached hydrogens (tertiary/aromatic N) is 2. The Morgan fingerprint density at radius 2 is 2.06 bits per heavy atom. The first kappa shape index (κ1) is 13.2. The van der Waals surface area contributed by atoms with Gasteiger partial charge in [0.1, 0.15) is 5.82 Å². The molecule has 1 heterocycles. The predicted octanol–water partition coefficient (Wildman–Crippen LogP) is 3.19. The van der Waals surface area contributed by atoms with Crippen LogP contribution in [0.25, 0.3) is 0 Å². The summed E-state index contributed by atoms with van der Waals surface area (Å²) in [7, 11) is 0. The van der Waals surface area contributed by atoms with Crippen molar-refractivity contribution >= 4 is 15.9 Å². The van der Waals surface area contributed by atoms with E-state index < -0.39 is 6.10 Å². The van der Waals surface area contributed by atoms with Crippen LogP contribution >= 0.6 is 15.9 Å². The molecule has 1 N–H and O–H groups in total. The van der Waals surface area contributed by atoms with E-state index in [4.69, 9.17) is 0 Å². The van der Waals surface area contributed by atoms with Gasteiger partial charge in [-0.1, -0.05) is 34.1 Å². The lowest BCUT2D eigenvalue weighted by Crippen LogP contribution is -2.04. The average molecular weight is 307 g/mol. The van der Waals surface area contributed by atoms with Crippen LogP contribution in [0.3, 0.4) is 0 Å². The summed E-state index contributed by atoms with van der Waals surface area (Å²) in [4.78, 5) is 8.74. The minimum atomic E-state index is -0.525. The van der Waals surface area contributed by atoms with Crippen LogP contribution in [0, 0.1) is 6.92 Å². The molecular weight excluding hydrogens is 292 g/mol. The summed E-state index contributed by atoms with van der Waals surface area (Å²) in [5, 5.41) is 9.54. The molecule has 4 heteroatoms. The molecule has 1 aromatic carbocycles. The van der Waals surface area contributed by atoms with E-state index in [1.54, 1.807) is 13.1 Å². The smallest absolute Gasteiger partial charge is 0.132 e. The highest BCUT2D eigenvalue weighted by molar-refractivity contribution is 9.10. The second-order valence-corrected chi connectivity index (χ2v) is 5.13. The third kappa shape index (κ3) is 2.94. The summed E-state index contributed by atoms with van der Waals surface area (Å²) in [6.07, 6.45) is 1.86. The number of hydrogen-bond donors (Lipinski definition) is 1. The summed E-state index contributed by atoms with van der Waals surface area (Å²) in [5.41, 5.74) is 2.77. The summed E-state index contributed by atoms with van der Waals surface area (Å²) in [6, 6.07) is 8.03. The van der Waals surface area contributed by atoms with Crippen molar-refractivity contribution < 1.29 is 5.11 Å². The highest BCUT2D eigenvalue weighted by atomic mass is 79.9. The number of aliphatic hydroxyl groups excluding tert-OH is 1. The highest BCUT2D eigenvalue weighted by Crippen LogP contribution is 2.19. The van der Waals surface area contributed by atoms with Gasteiger partial charge in [-0.25, -0.2) is 9.97 Å². The molecule has 2 rings (SSSR count). The first-order valence-electron chi connectivity index (χ1n) is 5.82. The Labute approximate surface area is 115 Å². The second kappa shape index (κ2) is 5.59. The Hall–Kier alpha value is -1.26. The van der Waals surface area contributed by atoms with Gasteiger partial charge in [-0.15, -0.1) is 0 Å². The molecule has 0 unspecified atom stereocenters. The molecule has 18 heavy (non-hydrogen) atoms. The van der Waals surface area contributed by atoms with Gasteiger partial charge < -0.3 is 5.11 Å². The first-order valence-corrected chi connectivity index (χ1v) is 6.61. The predicted molar refractivity (Wildman–Crippen MR) is 74.4 cm³/mol. The van der Waals surface area contributed by atoms with E-state index in [2.05, 4.69) is 25.9 Å². The number of rotatable bonds is 3. The van der Waals surface area contributed by atoms with Crippen LogP contribution in [0.2, 0.25) is 0 Å². The molecule has 1 aromatic heterocycles. The quantitative estimate of drug-likeness (QED) is 0.947. The minimum Gasteiger partial charge on any atom is -0.389 e. The summed E-state index contributed by atoms with van der Waals surface area (Å²) in [6.45, 7) is 3.62. The monoisotopic (exact) mass is 306 g/mol. The number of benzene rings is 1. The van der Waals surface area contributed by atoms with E-state index >= 15 is 0 Å². The second-order valence-electron chi connectivity index (χ2n) is 4.27. The third-order valence-corrected chi connectivity index (χ3v) is 3.60. The van der Waals surface area contributed by atoms with Crippen molar-refractivity contribution in [2.24, 2.45) is 0 Å². The van der Waals surface area contributed by atoms with Crippen molar-refractivity contribution in [2.75, 3.05) is 0 Å². The van der Waals surface area contributed by atoms with E-state index in [1.165, 1.54) is 0 Å². The van der Waals surface area contributed by atoms with Crippen molar-refractivity contribution in [3.8, 4) is 0 Å². The number of aromatic nitrogens is 2. The van der Waals surface area contributed by atoms with Gasteiger partial charge in [-0.2, -0.15) is 0 Å². The van der Waals surface area contributed by atoms with Crippen LogP contribution in [0.5, 0.6) is 0 Å². The fourth-order valence-electron chi connectivity index (χ4n) is 1.83. The molecule has 0 fully saturated rings. The summed E-state index contributed by atoms with van der Waals surface area (Å²) in [5.74, 6) is 0.767. The first-order chi connectivity index (χ1) is 8.58. The Morgan fingerprint density at radius 3 is 2.67 bits per heavy atom. The van der Waals surface area contributed by atoms with E-state index in [0.717, 1.165) is 27.1 Å². The third-order valence-electron chi connectivity index (χ3n) is 2.82. The maximum absolute atomic E-state index is 9.54. The maximum atomic E-state index is 9.54. The minimum absolute atomic E-state index is 0.525. The van der Waals surface area contributed by atoms with E-state index in [9.17, 15) is 5.11 Å². The van der Waals surface area contributed by atoms with Crippen molar-refractivity contribution in [1.82, 2.24) is 9.97 Å². The van der Waals surface area contributed by atoms with Crippen molar-refractivity contribution in [1.29, 1.82) is 0 Å². The maximum Gasteiger partial charge on any atom is 0.132 e. The van der Waals surface area contributed by atoms with E-state index in [1.807, 2.05) is 31.2 Å². The Morgan fingerprint density at radius 1 is 1.33 bits per heavy atom. The van der Waals surface area contributed by atoms with Gasteiger partial charge in [0.2, 0.25) is 0 Å². The van der Waals surface area contributed by atoms with Crippen LogP contribution in [0.1, 0.15) is 35.7 Å². The molecule has 0 bridgehead atoms. The largest absolute Gasteiger partial charge is 0.389 e. The number of aliphatic hydroxyl groups is 1. The van der Waals surface area contributed by atoms with Gasteiger partial charge in [0.15, 0.2) is 0 Å². The van der Waals surface area contributed by atoms with Gasteiger partial charge in [0, 0.05) is 28.3 Å². The van der Waals surface area contributed by atoms with Crippen molar-refractivity contribution in [2.45, 2.75) is 26.4 Å². The zero-order valence-electron chi connectivity index (χ0n) is 10.4. The molecular formula is C14H15BrN2O. The van der Waals surface area contributed by atoms with Crippen LogP contribution < -0.4 is 0 Å². The van der Waals surface area contributed by atoms with E-state index in [0.29, 0.717) is 6.42 Å². The molecule has 1 atom stereocenters. The van der Waals surface area contributed by atoms with Crippen LogP contribution in [-0.4, -0.2) is 15.1 Å². The molecule has 0 radical (unpaired) electrons. The molecule has 2 aromatic rings. The fourth-order valence-corrected chi connectivity index (χ4v) is 2.26. The molecule has 0 saturated carbocycles. The standard InChI is InChI=1S/C14H15BrN2O/c1-9-12(10(2)18)8-16-14(17-9)7-11-5-3-4-6-13(11)15/h3-6,8,10,18H,7H2,1-2H3/t10-/m1/s1. The summed E-state index contributed by atoms with van der Waals surface area (Å²) >= 11 is 3.51. The Balaban J connectivity index is 2.26. The zero-order chi connectivity index (χ0) is 13.1. The van der Waals surface area contributed by atoms with Crippen LogP contribution in [0.15, 0.2) is 34.9 Å². The van der Waals surface area contributed by atoms with Crippen LogP contribution in [-0.2, 0) is 6.42 Å². The SMILES string of the molecule is Cc1nc(Cc2ccccc2Br)ncc1[C@@H](C)O. The molecule has 0 spiro atoms. The Bertz CT molecular complexity index is 555. The number of aryl methyl sites for hydroxylation is 1. The zero-order valence-corrected chi connectivity index (χ0v) is 12.0. The molecule has 0 aliphatic carbocycles. The van der Waals surface area contributed by atoms with Gasteiger partial charge in [0.05, 0.1) is 6.10 Å². The summed E-state index contributed by atoms with van der Waals surface area (Å²) < 4.78 is 1.06.